The molecule has 0 radical (unpaired) electrons. The van der Waals surface area contributed by atoms with Crippen molar-refractivity contribution in [2.75, 3.05) is 19.6 Å². The van der Waals surface area contributed by atoms with Crippen LogP contribution in [0, 0.1) is 5.92 Å². The normalized spacial score (nSPS) is 24.7. The van der Waals surface area contributed by atoms with Crippen LogP contribution in [-0.2, 0) is 10.0 Å². The van der Waals surface area contributed by atoms with Crippen molar-refractivity contribution in [2.45, 2.75) is 57.6 Å². The van der Waals surface area contributed by atoms with Gasteiger partial charge in [-0.05, 0) is 31.6 Å². The maximum absolute atomic E-state index is 12.4. The van der Waals surface area contributed by atoms with Crippen LogP contribution in [0.25, 0.3) is 0 Å². The van der Waals surface area contributed by atoms with Crippen molar-refractivity contribution in [1.82, 2.24) is 4.31 Å². The number of hydrogen-bond donors (Lipinski definition) is 1. The van der Waals surface area contributed by atoms with Crippen LogP contribution in [0.2, 0.25) is 0 Å². The standard InChI is InChI=1S/C13H28N2O2S/c1-3-6-12-7-5-9-15(10-8-12)18(16,17)13(4-2)11-14/h12-13H,3-11,14H2,1-2H3. The number of rotatable bonds is 6. The number of hydrogen-bond acceptors (Lipinski definition) is 3. The van der Waals surface area contributed by atoms with E-state index in [9.17, 15) is 8.42 Å². The van der Waals surface area contributed by atoms with Gasteiger partial charge < -0.3 is 5.73 Å². The lowest BCUT2D eigenvalue weighted by Gasteiger charge is -2.25. The quantitative estimate of drug-likeness (QED) is 0.806. The van der Waals surface area contributed by atoms with Gasteiger partial charge in [0.1, 0.15) is 0 Å². The van der Waals surface area contributed by atoms with E-state index in [1.165, 1.54) is 19.3 Å². The average molecular weight is 276 g/mol. The fourth-order valence-corrected chi connectivity index (χ4v) is 4.63. The molecular formula is C13H28N2O2S. The van der Waals surface area contributed by atoms with Gasteiger partial charge in [-0.3, -0.25) is 0 Å². The monoisotopic (exact) mass is 276 g/mol. The first-order valence-corrected chi connectivity index (χ1v) is 8.75. The molecule has 1 fully saturated rings. The first-order valence-electron chi connectivity index (χ1n) is 7.25. The third-order valence-corrected chi connectivity index (χ3v) is 6.46. The Morgan fingerprint density at radius 2 is 2.00 bits per heavy atom. The summed E-state index contributed by atoms with van der Waals surface area (Å²) in [5, 5.41) is -0.403. The molecule has 0 bridgehead atoms. The number of sulfonamides is 1. The second-order valence-corrected chi connectivity index (χ2v) is 7.51. The Hall–Kier alpha value is -0.130. The van der Waals surface area contributed by atoms with E-state index in [4.69, 9.17) is 5.73 Å². The van der Waals surface area contributed by atoms with Crippen molar-refractivity contribution in [3.05, 3.63) is 0 Å². The second kappa shape index (κ2) is 7.46. The van der Waals surface area contributed by atoms with E-state index < -0.39 is 15.3 Å². The zero-order valence-electron chi connectivity index (χ0n) is 11.8. The molecule has 0 spiro atoms. The van der Waals surface area contributed by atoms with Gasteiger partial charge in [-0.1, -0.05) is 26.7 Å². The molecule has 4 nitrogen and oxygen atoms in total. The van der Waals surface area contributed by atoms with Crippen LogP contribution in [0.5, 0.6) is 0 Å². The van der Waals surface area contributed by atoms with Gasteiger partial charge in [-0.2, -0.15) is 0 Å². The lowest BCUT2D eigenvalue weighted by Crippen LogP contribution is -2.42. The molecule has 2 N–H and O–H groups in total. The van der Waals surface area contributed by atoms with E-state index in [-0.39, 0.29) is 6.54 Å². The van der Waals surface area contributed by atoms with Crippen LogP contribution >= 0.6 is 0 Å². The molecule has 0 aromatic heterocycles. The second-order valence-electron chi connectivity index (χ2n) is 5.30. The van der Waals surface area contributed by atoms with Gasteiger partial charge >= 0.3 is 0 Å². The summed E-state index contributed by atoms with van der Waals surface area (Å²) in [5.41, 5.74) is 5.58. The summed E-state index contributed by atoms with van der Waals surface area (Å²) in [6.07, 6.45) is 6.19. The average Bonchev–Trinajstić information content (AvgIpc) is 2.57. The summed E-state index contributed by atoms with van der Waals surface area (Å²) in [5.74, 6) is 0.702. The molecule has 0 aromatic rings. The first-order chi connectivity index (χ1) is 8.56. The highest BCUT2D eigenvalue weighted by molar-refractivity contribution is 7.89. The summed E-state index contributed by atoms with van der Waals surface area (Å²) in [6.45, 7) is 5.68. The molecule has 1 heterocycles. The molecule has 5 heteroatoms. The Labute approximate surface area is 112 Å². The van der Waals surface area contributed by atoms with Crippen molar-refractivity contribution in [3.63, 3.8) is 0 Å². The van der Waals surface area contributed by atoms with Crippen LogP contribution in [0.4, 0.5) is 0 Å². The maximum atomic E-state index is 12.4. The Morgan fingerprint density at radius 1 is 1.28 bits per heavy atom. The molecule has 0 aliphatic carbocycles. The topological polar surface area (TPSA) is 63.4 Å². The van der Waals surface area contributed by atoms with E-state index in [0.29, 0.717) is 25.4 Å². The Bertz CT molecular complexity index is 326. The van der Waals surface area contributed by atoms with Crippen LogP contribution < -0.4 is 5.73 Å². The molecule has 0 saturated carbocycles. The van der Waals surface area contributed by atoms with Gasteiger partial charge in [-0.25, -0.2) is 12.7 Å². The van der Waals surface area contributed by atoms with Crippen LogP contribution in [0.1, 0.15) is 52.4 Å². The van der Waals surface area contributed by atoms with Crippen molar-refractivity contribution in [2.24, 2.45) is 11.7 Å². The van der Waals surface area contributed by atoms with Crippen LogP contribution in [-0.4, -0.2) is 37.6 Å². The van der Waals surface area contributed by atoms with E-state index in [1.807, 2.05) is 6.92 Å². The molecule has 108 valence electrons. The van der Waals surface area contributed by atoms with Gasteiger partial charge in [-0.15, -0.1) is 0 Å². The van der Waals surface area contributed by atoms with Crippen molar-refractivity contribution in [1.29, 1.82) is 0 Å². The molecule has 1 aliphatic heterocycles. The molecule has 0 aromatic carbocycles. The summed E-state index contributed by atoms with van der Waals surface area (Å²) >= 11 is 0. The lowest BCUT2D eigenvalue weighted by molar-refractivity contribution is 0.394. The van der Waals surface area contributed by atoms with Gasteiger partial charge in [0, 0.05) is 19.6 Å². The van der Waals surface area contributed by atoms with Gasteiger partial charge in [0.05, 0.1) is 5.25 Å². The van der Waals surface area contributed by atoms with Gasteiger partial charge in [0.15, 0.2) is 0 Å². The summed E-state index contributed by atoms with van der Waals surface area (Å²) < 4.78 is 26.5. The van der Waals surface area contributed by atoms with E-state index >= 15 is 0 Å². The highest BCUT2D eigenvalue weighted by Crippen LogP contribution is 2.24. The molecule has 2 unspecified atom stereocenters. The van der Waals surface area contributed by atoms with Crippen LogP contribution in [0.3, 0.4) is 0 Å². The number of nitrogens with two attached hydrogens (primary N) is 1. The van der Waals surface area contributed by atoms with E-state index in [0.717, 1.165) is 12.8 Å². The number of nitrogens with zero attached hydrogens (tertiary/aromatic N) is 1. The maximum Gasteiger partial charge on any atom is 0.218 e. The third-order valence-electron chi connectivity index (χ3n) is 4.00. The summed E-state index contributed by atoms with van der Waals surface area (Å²) in [6, 6.07) is 0. The predicted molar refractivity (Wildman–Crippen MR) is 75.9 cm³/mol. The van der Waals surface area contributed by atoms with Crippen molar-refractivity contribution in [3.8, 4) is 0 Å². The largest absolute Gasteiger partial charge is 0.329 e. The Kier molecular flexibility index (Phi) is 6.60. The fraction of sp³-hybridized carbons (Fsp3) is 1.00. The smallest absolute Gasteiger partial charge is 0.218 e. The summed E-state index contributed by atoms with van der Waals surface area (Å²) in [7, 11) is -3.18. The van der Waals surface area contributed by atoms with Gasteiger partial charge in [0.25, 0.3) is 0 Å². The Morgan fingerprint density at radius 3 is 2.56 bits per heavy atom. The zero-order valence-corrected chi connectivity index (χ0v) is 12.6. The first kappa shape index (κ1) is 15.9. The minimum absolute atomic E-state index is 0.230. The molecular weight excluding hydrogens is 248 g/mol. The molecule has 1 saturated heterocycles. The lowest BCUT2D eigenvalue weighted by atomic mass is 9.96. The predicted octanol–water partition coefficient (Wildman–Crippen LogP) is 1.96. The molecule has 0 amide bonds. The Balaban J connectivity index is 2.67. The summed E-state index contributed by atoms with van der Waals surface area (Å²) in [4.78, 5) is 0. The fourth-order valence-electron chi connectivity index (χ4n) is 2.80. The molecule has 1 aliphatic rings. The van der Waals surface area contributed by atoms with Crippen molar-refractivity contribution >= 4 is 10.0 Å². The van der Waals surface area contributed by atoms with E-state index in [2.05, 4.69) is 6.92 Å². The molecule has 18 heavy (non-hydrogen) atoms. The third kappa shape index (κ3) is 3.93. The minimum Gasteiger partial charge on any atom is -0.329 e. The molecule has 2 atom stereocenters. The zero-order chi connectivity index (χ0) is 13.6. The highest BCUT2D eigenvalue weighted by atomic mass is 32.2. The SMILES string of the molecule is CCCC1CCCN(S(=O)(=O)C(CC)CN)CC1. The highest BCUT2D eigenvalue weighted by Gasteiger charge is 2.31. The minimum atomic E-state index is -3.18. The van der Waals surface area contributed by atoms with Gasteiger partial charge in [0.2, 0.25) is 10.0 Å². The van der Waals surface area contributed by atoms with E-state index in [1.54, 1.807) is 4.31 Å². The van der Waals surface area contributed by atoms with Crippen molar-refractivity contribution < 1.29 is 8.42 Å². The van der Waals surface area contributed by atoms with Crippen LogP contribution in [0.15, 0.2) is 0 Å². The molecule has 1 rings (SSSR count).